The third kappa shape index (κ3) is 8.92. The number of oxime groups is 1. The molecule has 0 bridgehead atoms. The van der Waals surface area contributed by atoms with Gasteiger partial charge in [-0.2, -0.15) is 0 Å². The zero-order valence-electron chi connectivity index (χ0n) is 35.5. The first kappa shape index (κ1) is 44.4. The molecule has 0 saturated carbocycles. The van der Waals surface area contributed by atoms with E-state index < -0.39 is 40.8 Å². The number of allylic oxidation sites excluding steroid dienone is 1. The maximum absolute atomic E-state index is 14.6. The molecule has 2 atom stereocenters. The summed E-state index contributed by atoms with van der Waals surface area (Å²) in [5.41, 5.74) is 4.26. The Morgan fingerprint density at radius 2 is 1.38 bits per heavy atom. The maximum atomic E-state index is 14.6. The standard InChI is InChI=1S/C50H41N7O5S4/c1-31-54-55-45(66-31)39(63)28-34-29-64-47-41(46(59)57(47)42(34)48(60)62-43(32-18-8-3-9-19-32)33-20-10-4-11-21-33)52-44(58)40(56-61-2)38-30-65-49(51-38)53-50(35-22-12-5-13-23-35,36-24-14-6-15-25-36)37-26-16-7-17-27-37/h3-28,30,41,43,47,63H,29H2,1-2H3,(H,51,53)(H,52,58). The van der Waals surface area contributed by atoms with Gasteiger partial charge in [-0.05, 0) is 46.4 Å². The molecule has 9 rings (SSSR count). The Bertz CT molecular complexity index is 2810. The number of aromatic nitrogens is 3. The quantitative estimate of drug-likeness (QED) is 0.0227. The molecule has 4 heterocycles. The molecule has 2 aliphatic rings. The summed E-state index contributed by atoms with van der Waals surface area (Å²) in [4.78, 5) is 55.2. The van der Waals surface area contributed by atoms with Crippen molar-refractivity contribution in [3.8, 4) is 0 Å². The number of thiol groups is 1. The predicted octanol–water partition coefficient (Wildman–Crippen LogP) is 9.02. The van der Waals surface area contributed by atoms with Crippen LogP contribution in [0.1, 0.15) is 49.6 Å². The highest BCUT2D eigenvalue weighted by molar-refractivity contribution is 8.00. The molecular formula is C50H41N7O5S4. The number of thioether (sulfide) groups is 1. The van der Waals surface area contributed by atoms with Gasteiger partial charge in [-0.3, -0.25) is 14.5 Å². The molecule has 0 spiro atoms. The minimum atomic E-state index is -1.02. The molecule has 330 valence electrons. The topological polar surface area (TPSA) is 148 Å². The number of hydrogen-bond acceptors (Lipinski definition) is 14. The van der Waals surface area contributed by atoms with Crippen LogP contribution >= 0.6 is 47.1 Å². The second kappa shape index (κ2) is 19.7. The Hall–Kier alpha value is -6.85. The van der Waals surface area contributed by atoms with Crippen LogP contribution in [0.2, 0.25) is 0 Å². The van der Waals surface area contributed by atoms with E-state index in [-0.39, 0.29) is 17.1 Å². The molecule has 66 heavy (non-hydrogen) atoms. The van der Waals surface area contributed by atoms with Gasteiger partial charge in [0.1, 0.15) is 40.5 Å². The van der Waals surface area contributed by atoms with E-state index in [1.807, 2.05) is 122 Å². The van der Waals surface area contributed by atoms with E-state index >= 15 is 0 Å². The van der Waals surface area contributed by atoms with Crippen molar-refractivity contribution in [2.75, 3.05) is 18.2 Å². The fourth-order valence-electron chi connectivity index (χ4n) is 8.00. The highest BCUT2D eigenvalue weighted by Crippen LogP contribution is 2.44. The minimum absolute atomic E-state index is 0.0543. The molecule has 7 aromatic rings. The lowest BCUT2D eigenvalue weighted by Gasteiger charge is -2.49. The Morgan fingerprint density at radius 3 is 1.89 bits per heavy atom. The van der Waals surface area contributed by atoms with Crippen molar-refractivity contribution >= 4 is 80.6 Å². The second-order valence-electron chi connectivity index (χ2n) is 15.1. The van der Waals surface area contributed by atoms with E-state index in [4.69, 9.17) is 27.2 Å². The van der Waals surface area contributed by atoms with Crippen LogP contribution in [-0.2, 0) is 29.5 Å². The van der Waals surface area contributed by atoms with Gasteiger partial charge in [0, 0.05) is 16.0 Å². The molecule has 1 saturated heterocycles. The first-order chi connectivity index (χ1) is 32.2. The number of β-lactam (4-membered cyclic amide) rings is 1. The number of nitrogens with zero attached hydrogens (tertiary/aromatic N) is 5. The molecule has 5 aromatic carbocycles. The lowest BCUT2D eigenvalue weighted by molar-refractivity contribution is -0.154. The Labute approximate surface area is 398 Å². The SMILES string of the molecule is CON=C(C(=O)NC1C(=O)N2C(C(=O)OC(c3ccccc3)c3ccccc3)=C(C=C(S)c3nnc(C)s3)CSC12)c1csc(NC(c2ccccc2)(c2ccccc2)c2ccccc2)n1. The molecule has 0 aliphatic carbocycles. The van der Waals surface area contributed by atoms with E-state index in [0.29, 0.717) is 26.4 Å². The van der Waals surface area contributed by atoms with Gasteiger partial charge in [0.15, 0.2) is 22.0 Å². The number of aryl methyl sites for hydroxylation is 1. The van der Waals surface area contributed by atoms with Crippen LogP contribution in [0, 0.1) is 6.92 Å². The van der Waals surface area contributed by atoms with E-state index in [9.17, 15) is 14.4 Å². The molecule has 2 N–H and O–H groups in total. The van der Waals surface area contributed by atoms with E-state index in [0.717, 1.165) is 32.8 Å². The third-order valence-electron chi connectivity index (χ3n) is 11.0. The van der Waals surface area contributed by atoms with E-state index in [1.165, 1.54) is 46.4 Å². The molecule has 1 fully saturated rings. The van der Waals surface area contributed by atoms with Crippen LogP contribution in [0.3, 0.4) is 0 Å². The normalized spacial score (nSPS) is 16.4. The van der Waals surface area contributed by atoms with Crippen LogP contribution < -0.4 is 10.6 Å². The number of benzene rings is 5. The summed E-state index contributed by atoms with van der Waals surface area (Å²) < 4.78 is 6.33. The summed E-state index contributed by atoms with van der Waals surface area (Å²) in [6, 6.07) is 48.1. The van der Waals surface area contributed by atoms with Gasteiger partial charge in [-0.15, -0.1) is 45.9 Å². The van der Waals surface area contributed by atoms with Crippen molar-refractivity contribution in [2.45, 2.75) is 30.0 Å². The fraction of sp³-hybridized carbons (Fsp3) is 0.140. The molecule has 0 radical (unpaired) electrons. The molecule has 12 nitrogen and oxygen atoms in total. The van der Waals surface area contributed by atoms with Gasteiger partial charge in [-0.25, -0.2) is 9.78 Å². The summed E-state index contributed by atoms with van der Waals surface area (Å²) in [5, 5.41) is 22.0. The molecular weight excluding hydrogens is 907 g/mol. The van der Waals surface area contributed by atoms with Crippen LogP contribution in [0.4, 0.5) is 5.13 Å². The number of nitrogens with one attached hydrogen (secondary N) is 2. The number of anilines is 1. The number of hydrogen-bond donors (Lipinski definition) is 3. The highest BCUT2D eigenvalue weighted by Gasteiger charge is 2.55. The first-order valence-electron chi connectivity index (χ1n) is 20.8. The Balaban J connectivity index is 1.00. The number of fused-ring (bicyclic) bond motifs is 1. The number of thiazole rings is 1. The van der Waals surface area contributed by atoms with Crippen molar-refractivity contribution in [3.63, 3.8) is 0 Å². The zero-order chi connectivity index (χ0) is 45.6. The number of rotatable bonds is 15. The predicted molar refractivity (Wildman–Crippen MR) is 263 cm³/mol. The second-order valence-corrected chi connectivity index (χ2v) is 18.8. The van der Waals surface area contributed by atoms with Crippen LogP contribution in [-0.4, -0.2) is 67.9 Å². The molecule has 2 amide bonds. The summed E-state index contributed by atoms with van der Waals surface area (Å²) in [6.07, 6.45) is 0.948. The highest BCUT2D eigenvalue weighted by atomic mass is 32.2. The lowest BCUT2D eigenvalue weighted by Crippen LogP contribution is -2.71. The number of carbonyl (C=O) groups is 3. The average molecular weight is 948 g/mol. The summed E-state index contributed by atoms with van der Waals surface area (Å²) >= 11 is 8.78. The van der Waals surface area contributed by atoms with Gasteiger partial charge in [0.25, 0.3) is 11.8 Å². The molecule has 16 heteroatoms. The van der Waals surface area contributed by atoms with Crippen LogP contribution in [0.15, 0.2) is 180 Å². The molecule has 2 aliphatic heterocycles. The van der Waals surface area contributed by atoms with Gasteiger partial charge in [-0.1, -0.05) is 168 Å². The minimum Gasteiger partial charge on any atom is -0.448 e. The third-order valence-corrected chi connectivity index (χ3v) is 14.4. The van der Waals surface area contributed by atoms with Gasteiger partial charge in [0.2, 0.25) is 0 Å². The number of amides is 2. The lowest BCUT2D eigenvalue weighted by atomic mass is 9.77. The zero-order valence-corrected chi connectivity index (χ0v) is 38.8. The Kier molecular flexibility index (Phi) is 13.3. The van der Waals surface area contributed by atoms with Crippen LogP contribution in [0.5, 0.6) is 0 Å². The first-order valence-corrected chi connectivity index (χ1v) is 24.0. The van der Waals surface area contributed by atoms with Gasteiger partial charge < -0.3 is 20.2 Å². The molecule has 2 aromatic heterocycles. The molecule has 2 unspecified atom stereocenters. The van der Waals surface area contributed by atoms with Gasteiger partial charge >= 0.3 is 5.97 Å². The van der Waals surface area contributed by atoms with Crippen molar-refractivity contribution in [1.82, 2.24) is 25.4 Å². The summed E-state index contributed by atoms with van der Waals surface area (Å²) in [7, 11) is 1.34. The maximum Gasteiger partial charge on any atom is 0.356 e. The number of esters is 1. The Morgan fingerprint density at radius 1 is 0.833 bits per heavy atom. The van der Waals surface area contributed by atoms with E-state index in [2.05, 4.69) is 62.4 Å². The monoisotopic (exact) mass is 947 g/mol. The fourth-order valence-corrected chi connectivity index (χ4v) is 11.0. The average Bonchev–Trinajstić information content (AvgIpc) is 4.03. The number of carbonyl (C=O) groups excluding carboxylic acids is 3. The van der Waals surface area contributed by atoms with Crippen molar-refractivity contribution in [1.29, 1.82) is 0 Å². The summed E-state index contributed by atoms with van der Waals surface area (Å²) in [6.45, 7) is 1.84. The van der Waals surface area contributed by atoms with Crippen molar-refractivity contribution < 1.29 is 24.0 Å². The van der Waals surface area contributed by atoms with E-state index in [1.54, 1.807) is 11.5 Å². The van der Waals surface area contributed by atoms with Crippen molar-refractivity contribution in [3.05, 3.63) is 218 Å². The van der Waals surface area contributed by atoms with Gasteiger partial charge in [0.05, 0.1) is 0 Å². The van der Waals surface area contributed by atoms with Crippen LogP contribution in [0.25, 0.3) is 4.91 Å². The smallest absolute Gasteiger partial charge is 0.356 e. The summed E-state index contributed by atoms with van der Waals surface area (Å²) in [5.74, 6) is -1.60. The van der Waals surface area contributed by atoms with Crippen molar-refractivity contribution in [2.24, 2.45) is 5.16 Å². The number of ether oxygens (including phenoxy) is 1. The largest absolute Gasteiger partial charge is 0.448 e.